The monoisotopic (exact) mass is 291 g/mol. The molecule has 0 unspecified atom stereocenters. The standard InChI is InChI=1S/C17H25NO3/c1-6-18(7-2)15(19)14-11-9-8-10-13(14)12-21-16(20)17(3,4)5/h8-11H,6-7,12H2,1-5H3. The Morgan fingerprint density at radius 3 is 2.19 bits per heavy atom. The third kappa shape index (κ3) is 4.59. The van der Waals surface area contributed by atoms with Gasteiger partial charge in [0, 0.05) is 24.2 Å². The molecule has 116 valence electrons. The lowest BCUT2D eigenvalue weighted by Crippen LogP contribution is -2.31. The Morgan fingerprint density at radius 2 is 1.67 bits per heavy atom. The summed E-state index contributed by atoms with van der Waals surface area (Å²) in [5.41, 5.74) is 0.799. The number of rotatable bonds is 5. The first kappa shape index (κ1) is 17.2. The first-order valence-corrected chi connectivity index (χ1v) is 7.35. The molecule has 1 amide bonds. The van der Waals surface area contributed by atoms with Crippen molar-refractivity contribution in [1.29, 1.82) is 0 Å². The molecule has 1 aromatic rings. The second-order valence-electron chi connectivity index (χ2n) is 5.96. The highest BCUT2D eigenvalue weighted by atomic mass is 16.5. The molecule has 0 bridgehead atoms. The van der Waals surface area contributed by atoms with Crippen LogP contribution in [0.15, 0.2) is 24.3 Å². The fraction of sp³-hybridized carbons (Fsp3) is 0.529. The Hall–Kier alpha value is -1.84. The Balaban J connectivity index is 2.90. The van der Waals surface area contributed by atoms with Crippen LogP contribution in [0.25, 0.3) is 0 Å². The van der Waals surface area contributed by atoms with Crippen molar-refractivity contribution in [2.24, 2.45) is 5.41 Å². The highest BCUT2D eigenvalue weighted by molar-refractivity contribution is 5.95. The number of ether oxygens (including phenoxy) is 1. The smallest absolute Gasteiger partial charge is 0.311 e. The van der Waals surface area contributed by atoms with Gasteiger partial charge in [-0.05, 0) is 40.7 Å². The lowest BCUT2D eigenvalue weighted by molar-refractivity contribution is -0.154. The molecule has 0 N–H and O–H groups in total. The zero-order valence-electron chi connectivity index (χ0n) is 13.6. The van der Waals surface area contributed by atoms with Crippen LogP contribution in [0.5, 0.6) is 0 Å². The van der Waals surface area contributed by atoms with Crippen molar-refractivity contribution >= 4 is 11.9 Å². The van der Waals surface area contributed by atoms with E-state index in [0.717, 1.165) is 5.56 Å². The third-order valence-corrected chi connectivity index (χ3v) is 3.27. The van der Waals surface area contributed by atoms with Crippen LogP contribution in [0.2, 0.25) is 0 Å². The second-order valence-corrected chi connectivity index (χ2v) is 5.96. The summed E-state index contributed by atoms with van der Waals surface area (Å²) in [7, 11) is 0. The van der Waals surface area contributed by atoms with Crippen LogP contribution in [0, 0.1) is 5.41 Å². The minimum absolute atomic E-state index is 0.0255. The molecular weight excluding hydrogens is 266 g/mol. The van der Waals surface area contributed by atoms with Gasteiger partial charge in [0.05, 0.1) is 5.41 Å². The molecule has 0 radical (unpaired) electrons. The van der Waals surface area contributed by atoms with E-state index in [1.165, 1.54) is 0 Å². The van der Waals surface area contributed by atoms with Gasteiger partial charge in [0.1, 0.15) is 6.61 Å². The first-order valence-electron chi connectivity index (χ1n) is 7.35. The molecule has 1 aromatic carbocycles. The number of hydrogen-bond acceptors (Lipinski definition) is 3. The van der Waals surface area contributed by atoms with E-state index < -0.39 is 5.41 Å². The Bertz CT molecular complexity index is 499. The van der Waals surface area contributed by atoms with E-state index in [1.807, 2.05) is 52.8 Å². The zero-order valence-corrected chi connectivity index (χ0v) is 13.6. The van der Waals surface area contributed by atoms with Crippen molar-refractivity contribution in [3.05, 3.63) is 35.4 Å². The van der Waals surface area contributed by atoms with Crippen LogP contribution >= 0.6 is 0 Å². The van der Waals surface area contributed by atoms with Crippen LogP contribution < -0.4 is 0 Å². The van der Waals surface area contributed by atoms with Crippen LogP contribution in [0.3, 0.4) is 0 Å². The average molecular weight is 291 g/mol. The number of carbonyl (C=O) groups is 2. The minimum Gasteiger partial charge on any atom is -0.460 e. The van der Waals surface area contributed by atoms with Crippen molar-refractivity contribution in [3.8, 4) is 0 Å². The minimum atomic E-state index is -0.544. The van der Waals surface area contributed by atoms with E-state index in [-0.39, 0.29) is 18.5 Å². The van der Waals surface area contributed by atoms with Crippen LogP contribution in [0.1, 0.15) is 50.5 Å². The van der Waals surface area contributed by atoms with Crippen molar-refractivity contribution in [2.75, 3.05) is 13.1 Å². The zero-order chi connectivity index (χ0) is 16.0. The SMILES string of the molecule is CCN(CC)C(=O)c1ccccc1COC(=O)C(C)(C)C. The first-order chi connectivity index (χ1) is 9.81. The van der Waals surface area contributed by atoms with Crippen molar-refractivity contribution in [1.82, 2.24) is 4.90 Å². The summed E-state index contributed by atoms with van der Waals surface area (Å²) in [6.07, 6.45) is 0. The van der Waals surface area contributed by atoms with E-state index in [1.54, 1.807) is 11.0 Å². The quantitative estimate of drug-likeness (QED) is 0.782. The van der Waals surface area contributed by atoms with Crippen LogP contribution in [0.4, 0.5) is 0 Å². The fourth-order valence-electron chi connectivity index (χ4n) is 1.90. The summed E-state index contributed by atoms with van der Waals surface area (Å²) in [6.45, 7) is 10.8. The largest absolute Gasteiger partial charge is 0.460 e. The van der Waals surface area contributed by atoms with Gasteiger partial charge in [0.25, 0.3) is 5.91 Å². The maximum absolute atomic E-state index is 12.5. The molecule has 21 heavy (non-hydrogen) atoms. The number of hydrogen-bond donors (Lipinski definition) is 0. The fourth-order valence-corrected chi connectivity index (χ4v) is 1.90. The van der Waals surface area contributed by atoms with E-state index in [0.29, 0.717) is 18.7 Å². The van der Waals surface area contributed by atoms with E-state index in [4.69, 9.17) is 4.74 Å². The van der Waals surface area contributed by atoms with Crippen molar-refractivity contribution in [2.45, 2.75) is 41.2 Å². The molecule has 0 fully saturated rings. The van der Waals surface area contributed by atoms with Gasteiger partial charge in [-0.15, -0.1) is 0 Å². The summed E-state index contributed by atoms with van der Waals surface area (Å²) < 4.78 is 5.32. The van der Waals surface area contributed by atoms with Crippen molar-refractivity contribution < 1.29 is 14.3 Å². The molecule has 0 saturated carbocycles. The van der Waals surface area contributed by atoms with E-state index >= 15 is 0 Å². The molecule has 1 rings (SSSR count). The number of nitrogens with zero attached hydrogens (tertiary/aromatic N) is 1. The lowest BCUT2D eigenvalue weighted by Gasteiger charge is -2.21. The van der Waals surface area contributed by atoms with Crippen molar-refractivity contribution in [3.63, 3.8) is 0 Å². The van der Waals surface area contributed by atoms with Gasteiger partial charge in [-0.1, -0.05) is 18.2 Å². The molecule has 0 saturated heterocycles. The van der Waals surface area contributed by atoms with E-state index in [9.17, 15) is 9.59 Å². The number of amides is 1. The Morgan fingerprint density at radius 1 is 1.10 bits per heavy atom. The molecule has 0 aromatic heterocycles. The molecule has 0 aliphatic rings. The number of esters is 1. The molecule has 0 aliphatic carbocycles. The summed E-state index contributed by atoms with van der Waals surface area (Å²) >= 11 is 0. The Labute approximate surface area is 127 Å². The molecule has 0 aliphatic heterocycles. The molecule has 0 spiro atoms. The predicted octanol–water partition coefficient (Wildman–Crippen LogP) is 3.26. The summed E-state index contributed by atoms with van der Waals surface area (Å²) in [5.74, 6) is -0.296. The third-order valence-electron chi connectivity index (χ3n) is 3.27. The highest BCUT2D eigenvalue weighted by Crippen LogP contribution is 2.18. The van der Waals surface area contributed by atoms with Crippen LogP contribution in [-0.2, 0) is 16.1 Å². The number of carbonyl (C=O) groups excluding carboxylic acids is 2. The Kier molecular flexibility index (Phi) is 5.94. The van der Waals surface area contributed by atoms with Gasteiger partial charge >= 0.3 is 5.97 Å². The van der Waals surface area contributed by atoms with Gasteiger partial charge in [0.15, 0.2) is 0 Å². The predicted molar refractivity (Wildman–Crippen MR) is 82.9 cm³/mol. The summed E-state index contributed by atoms with van der Waals surface area (Å²) in [4.78, 5) is 26.1. The van der Waals surface area contributed by atoms with Gasteiger partial charge in [-0.25, -0.2) is 0 Å². The normalized spacial score (nSPS) is 11.1. The summed E-state index contributed by atoms with van der Waals surface area (Å²) in [6, 6.07) is 7.28. The van der Waals surface area contributed by atoms with Crippen LogP contribution in [-0.4, -0.2) is 29.9 Å². The van der Waals surface area contributed by atoms with Gasteiger partial charge in [0.2, 0.25) is 0 Å². The molecule has 4 nitrogen and oxygen atoms in total. The highest BCUT2D eigenvalue weighted by Gasteiger charge is 2.24. The maximum Gasteiger partial charge on any atom is 0.311 e. The lowest BCUT2D eigenvalue weighted by atomic mass is 9.97. The molecule has 0 atom stereocenters. The average Bonchev–Trinajstić information content (AvgIpc) is 2.45. The van der Waals surface area contributed by atoms with E-state index in [2.05, 4.69) is 0 Å². The molecule has 4 heteroatoms. The maximum atomic E-state index is 12.5. The molecule has 0 heterocycles. The summed E-state index contributed by atoms with van der Waals surface area (Å²) in [5, 5.41) is 0. The molecular formula is C17H25NO3. The van der Waals surface area contributed by atoms with Gasteiger partial charge in [-0.2, -0.15) is 0 Å². The second kappa shape index (κ2) is 7.25. The van der Waals surface area contributed by atoms with Gasteiger partial charge < -0.3 is 9.64 Å². The van der Waals surface area contributed by atoms with Gasteiger partial charge in [-0.3, -0.25) is 9.59 Å². The topological polar surface area (TPSA) is 46.6 Å². The number of benzene rings is 1.